The molecule has 22 nitrogen and oxygen atoms in total. The Labute approximate surface area is 588 Å². The number of nitro groups is 2. The van der Waals surface area contributed by atoms with E-state index in [-0.39, 0.29) is 65.8 Å². The second-order valence-corrected chi connectivity index (χ2v) is 21.0. The molecule has 3 atom stereocenters. The number of terminal acetylenes is 1. The number of aliphatic hydroxyl groups excluding tert-OH is 4. The Bertz CT molecular complexity index is 3090. The van der Waals surface area contributed by atoms with Crippen molar-refractivity contribution < 1.29 is 56.3 Å². The second-order valence-electron chi connectivity index (χ2n) is 18.7. The first-order chi connectivity index (χ1) is 42.2. The van der Waals surface area contributed by atoms with Crippen LogP contribution in [0.2, 0.25) is 0 Å². The van der Waals surface area contributed by atoms with Gasteiger partial charge in [0.1, 0.15) is 17.9 Å². The molecule has 0 saturated heterocycles. The summed E-state index contributed by atoms with van der Waals surface area (Å²) in [7, 11) is 0. The zero-order chi connectivity index (χ0) is 70.1. The second kappa shape index (κ2) is 61.1. The highest BCUT2D eigenvalue weighted by molar-refractivity contribution is 14.1. The van der Waals surface area contributed by atoms with Crippen molar-refractivity contribution in [2.75, 3.05) is 35.3 Å². The summed E-state index contributed by atoms with van der Waals surface area (Å²) in [5.41, 5.74) is 40.9. The number of hydrogen-bond acceptors (Lipinski definition) is 18. The van der Waals surface area contributed by atoms with E-state index >= 15 is 0 Å². The van der Waals surface area contributed by atoms with E-state index < -0.39 is 34.2 Å². The van der Waals surface area contributed by atoms with E-state index in [0.717, 1.165) is 94.3 Å². The van der Waals surface area contributed by atoms with Crippen molar-refractivity contribution in [2.24, 2.45) is 0 Å². The molecule has 6 aromatic carbocycles. The van der Waals surface area contributed by atoms with Crippen LogP contribution in [0.25, 0.3) is 0 Å². The van der Waals surface area contributed by atoms with Gasteiger partial charge >= 0.3 is 11.9 Å². The summed E-state index contributed by atoms with van der Waals surface area (Å²) in [6.45, 7) is 21.6. The number of nitrogens with two attached hydrogens (primary N) is 5. The van der Waals surface area contributed by atoms with E-state index in [2.05, 4.69) is 116 Å². The van der Waals surface area contributed by atoms with Gasteiger partial charge in [-0.15, -0.1) is 16.5 Å². The van der Waals surface area contributed by atoms with E-state index in [9.17, 15) is 29.8 Å². The zero-order valence-corrected chi connectivity index (χ0v) is 57.9. The summed E-state index contributed by atoms with van der Waals surface area (Å²) in [5.74, 6) is 6.46. The van der Waals surface area contributed by atoms with Crippen LogP contribution in [0.5, 0.6) is 0 Å². The predicted octanol–water partition coefficient (Wildman–Crippen LogP) is 15.0. The van der Waals surface area contributed by atoms with Gasteiger partial charge in [0.15, 0.2) is 0 Å². The molecule has 0 radical (unpaired) electrons. The Morgan fingerprint density at radius 3 is 1.21 bits per heavy atom. The Morgan fingerprint density at radius 2 is 0.883 bits per heavy atom. The topological polar surface area (TPSA) is 404 Å². The fourth-order valence-electron chi connectivity index (χ4n) is 6.24. The van der Waals surface area contributed by atoms with Crippen molar-refractivity contribution in [1.29, 1.82) is 0 Å². The van der Waals surface area contributed by atoms with Gasteiger partial charge in [-0.3, -0.25) is 29.8 Å². The fraction of sp³-hybridized carbons (Fsp3) is 0.400. The number of esters is 2. The average molecular weight is 1540 g/mol. The van der Waals surface area contributed by atoms with E-state index in [1.807, 2.05) is 85.0 Å². The summed E-state index contributed by atoms with van der Waals surface area (Å²) in [6, 6.07) is 36.3. The number of carbonyl (C=O) groups is 2. The number of hydrogen-bond donors (Lipinski definition) is 10. The molecule has 0 aliphatic carbocycles. The quantitative estimate of drug-likeness (QED) is 0.0110. The minimum Gasteiger partial charge on any atom is -0.399 e. The van der Waals surface area contributed by atoms with Gasteiger partial charge in [-0.1, -0.05) is 138 Å². The van der Waals surface area contributed by atoms with Gasteiger partial charge in [-0.25, -0.2) is 0 Å². The van der Waals surface area contributed by atoms with Crippen molar-refractivity contribution in [3.63, 3.8) is 0 Å². The molecule has 0 aliphatic heterocycles. The van der Waals surface area contributed by atoms with Crippen LogP contribution in [0.1, 0.15) is 165 Å². The molecular weight excluding hydrogens is 1430 g/mol. The molecule has 0 saturated carbocycles. The monoisotopic (exact) mass is 1540 g/mol. The number of benzene rings is 6. The number of nitro benzene ring substituents is 2. The van der Waals surface area contributed by atoms with Gasteiger partial charge in [0.2, 0.25) is 0 Å². The molecule has 0 aliphatic rings. The first-order valence-corrected chi connectivity index (χ1v) is 30.6. The van der Waals surface area contributed by atoms with Crippen LogP contribution in [-0.4, -0.2) is 77.4 Å². The molecule has 0 amide bonds. The van der Waals surface area contributed by atoms with Crippen LogP contribution >= 0.6 is 45.2 Å². The van der Waals surface area contributed by atoms with Gasteiger partial charge in [0.05, 0.1) is 19.5 Å². The lowest BCUT2D eigenvalue weighted by Crippen LogP contribution is -2.03. The molecule has 0 heterocycles. The number of halogens is 2. The Kier molecular flexibility index (Phi) is 66.3. The molecule has 24 heteroatoms. The molecule has 6 aromatic rings. The normalized spacial score (nSPS) is 9.80. The number of aliphatic hydroxyl groups is 4. The summed E-state index contributed by atoms with van der Waals surface area (Å²) in [6.07, 6.45) is 10.6. The van der Waals surface area contributed by atoms with Crippen molar-refractivity contribution in [2.45, 2.75) is 182 Å². The molecule has 6 rings (SSSR count). The minimum absolute atomic E-state index is 0. The van der Waals surface area contributed by atoms with Gasteiger partial charge in [0.25, 0.3) is 16.5 Å². The van der Waals surface area contributed by atoms with E-state index in [4.69, 9.17) is 64.4 Å². The van der Waals surface area contributed by atoms with Crippen LogP contribution in [0.4, 0.5) is 39.8 Å². The number of nitrogen functional groups attached to an aromatic ring is 5. The van der Waals surface area contributed by atoms with Gasteiger partial charge in [-0.2, -0.15) is 0 Å². The molecule has 0 bridgehead atoms. The Morgan fingerprint density at radius 1 is 0.543 bits per heavy atom. The van der Waals surface area contributed by atoms with E-state index in [1.54, 1.807) is 52.0 Å². The van der Waals surface area contributed by atoms with Crippen molar-refractivity contribution >= 4 is 96.9 Å². The Balaban J connectivity index is -0.000000126. The number of carbonyl (C=O) groups excluding carboxylic acids is 2. The molecular formula is C70H110I2N8O14. The largest absolute Gasteiger partial charge is 0.399 e. The third-order valence-corrected chi connectivity index (χ3v) is 13.0. The molecule has 0 aromatic heterocycles. The summed E-state index contributed by atoms with van der Waals surface area (Å²) < 4.78 is 5.80. The zero-order valence-electron chi connectivity index (χ0n) is 53.5. The third-order valence-electron chi connectivity index (χ3n) is 11.1. The number of anilines is 5. The van der Waals surface area contributed by atoms with Crippen LogP contribution in [0, 0.1) is 61.7 Å². The highest BCUT2D eigenvalue weighted by atomic mass is 127. The molecule has 0 unspecified atom stereocenters. The van der Waals surface area contributed by atoms with Gasteiger partial charge < -0.3 is 59.0 Å². The maximum Gasteiger partial charge on any atom is 0.310 e. The van der Waals surface area contributed by atoms with Crippen molar-refractivity contribution in [1.82, 2.24) is 0 Å². The van der Waals surface area contributed by atoms with Crippen LogP contribution in [0.3, 0.4) is 0 Å². The summed E-state index contributed by atoms with van der Waals surface area (Å²) in [5, 5.41) is 68.4. The first kappa shape index (κ1) is 102. The minimum atomic E-state index is -1.50. The van der Waals surface area contributed by atoms with Crippen LogP contribution in [0.15, 0.2) is 115 Å². The van der Waals surface area contributed by atoms with E-state index in [1.165, 1.54) is 42.2 Å². The standard InChI is InChI=1S/C12H19NO.C12H15NO.C8H8INO2.C8H10IN.C8H10N2O2.C8H11N.C4H6O3.C4H6O.C2H6O.4CH4.HNO3.H2/c2*1-3-10-5-7-11(12(13)8-10)6-4-9(2)14;1-2-6-3-4-7(9)8(5-6)10(11)12;1-2-6-3-4-7(9)8(10)5-6;1-2-6-3-4-7(9)8(5-6)10(11)12;1-2-7-3-5-8(9)6-4-7;1-3(5)7-4(2)6;1-3-4(2)5;1-2-3;;;;;2-1(3)4;/h5,7-9,14H,3-4,6,13H2,1-2H3;5,7-9,14H,3,13H2,1-2H3;3-5H,2H2,1H3;3-5H,2,10H2,1H3;3-5H,2,9H2,1H3;3-6H,2,9H2,1H3;1-2H3;1,4-5H,2H3;3H,2H2,1H3;4*1H4;(H,2,3,4);1H/t2*9-;;;;;;4-;;;;;;;/m11.....1......./s1. The summed E-state index contributed by atoms with van der Waals surface area (Å²) in [4.78, 5) is 48.1. The van der Waals surface area contributed by atoms with Crippen molar-refractivity contribution in [3.8, 4) is 24.2 Å². The highest BCUT2D eigenvalue weighted by Crippen LogP contribution is 2.24. The lowest BCUT2D eigenvalue weighted by molar-refractivity contribution is -0.742. The SMILES string of the molecule is C.C.C.C.C#C[C@@H](C)O.CC(=O)OC(C)=O.CCO.CCc1ccc(C#C[C@@H](C)O)c(N)c1.CCc1ccc(CC[C@@H](C)O)c(N)c1.CCc1ccc(I)c(N)c1.CCc1ccc(I)c([N+](=O)[O-])c1.CCc1ccc(N)c([N+](=O)[O-])c1.CCc1ccc(N)cc1.O=[N+]([O-])O.[HH]. The fourth-order valence-corrected chi connectivity index (χ4v) is 7.11. The molecule has 0 spiro atoms. The van der Waals surface area contributed by atoms with Crippen LogP contribution in [-0.2, 0) is 59.3 Å². The maximum atomic E-state index is 10.5. The molecule has 15 N–H and O–H groups in total. The van der Waals surface area contributed by atoms with Gasteiger partial charge in [-0.05, 0) is 218 Å². The Hall–Kier alpha value is -8.12. The smallest absolute Gasteiger partial charge is 0.310 e. The predicted molar refractivity (Wildman–Crippen MR) is 408 cm³/mol. The molecule has 94 heavy (non-hydrogen) atoms. The number of rotatable bonds is 11. The molecule has 528 valence electrons. The first-order valence-electron chi connectivity index (χ1n) is 28.4. The van der Waals surface area contributed by atoms with Crippen LogP contribution < -0.4 is 28.7 Å². The summed E-state index contributed by atoms with van der Waals surface area (Å²) >= 11 is 4.20. The maximum absolute atomic E-state index is 10.5. The number of aryl methyl sites for hydroxylation is 7. The lowest BCUT2D eigenvalue weighted by Gasteiger charge is -2.08. The number of nitrogens with zero attached hydrogens (tertiary/aromatic N) is 3. The highest BCUT2D eigenvalue weighted by Gasteiger charge is 2.12. The van der Waals surface area contributed by atoms with Crippen molar-refractivity contribution in [3.05, 3.63) is 197 Å². The molecule has 0 fully saturated rings. The van der Waals surface area contributed by atoms with Gasteiger partial charge in [0, 0.05) is 65.9 Å². The van der Waals surface area contributed by atoms with E-state index in [0.29, 0.717) is 9.26 Å². The third kappa shape index (κ3) is 54.4. The average Bonchev–Trinajstić information content (AvgIpc) is 0.959. The number of ether oxygens (including phenoxy) is 1. The lowest BCUT2D eigenvalue weighted by atomic mass is 10.0.